The predicted octanol–water partition coefficient (Wildman–Crippen LogP) is 4.61. The molecule has 1 unspecified atom stereocenters. The van der Waals surface area contributed by atoms with Gasteiger partial charge >= 0.3 is 6.03 Å². The van der Waals surface area contributed by atoms with Gasteiger partial charge in [-0.3, -0.25) is 0 Å². The molecule has 7 heteroatoms. The van der Waals surface area contributed by atoms with Crippen LogP contribution in [0, 0.1) is 0 Å². The molecule has 0 spiro atoms. The summed E-state index contributed by atoms with van der Waals surface area (Å²) in [4.78, 5) is 15.5. The SMILES string of the molecule is O=C(Nc1ccc(N2CCOCC2)cc1)N1N=C(c2ccccc2)CC1c1ccccc1O. The Balaban J connectivity index is 1.37. The van der Waals surface area contributed by atoms with E-state index < -0.39 is 6.04 Å². The van der Waals surface area contributed by atoms with E-state index in [1.54, 1.807) is 12.1 Å². The molecular formula is C26H26N4O3. The Labute approximate surface area is 192 Å². The van der Waals surface area contributed by atoms with Gasteiger partial charge in [0.05, 0.1) is 25.0 Å². The molecule has 0 aliphatic carbocycles. The molecule has 7 nitrogen and oxygen atoms in total. The molecule has 2 amide bonds. The number of anilines is 2. The molecule has 2 N–H and O–H groups in total. The van der Waals surface area contributed by atoms with Gasteiger partial charge in [0.2, 0.25) is 0 Å². The zero-order valence-electron chi connectivity index (χ0n) is 18.2. The number of hydrogen-bond donors (Lipinski definition) is 2. The standard InChI is InChI=1S/C26H26N4O3/c31-25-9-5-4-8-22(25)24-18-23(19-6-2-1-3-7-19)28-30(24)26(32)27-20-10-12-21(13-11-20)29-14-16-33-17-15-29/h1-13,24,31H,14-18H2,(H,27,32). The van der Waals surface area contributed by atoms with E-state index in [-0.39, 0.29) is 11.8 Å². The van der Waals surface area contributed by atoms with Crippen LogP contribution in [0.1, 0.15) is 23.6 Å². The molecule has 33 heavy (non-hydrogen) atoms. The Morgan fingerprint density at radius 1 is 0.939 bits per heavy atom. The highest BCUT2D eigenvalue weighted by atomic mass is 16.5. The van der Waals surface area contributed by atoms with Crippen LogP contribution in [0.4, 0.5) is 16.2 Å². The minimum atomic E-state index is -0.394. The van der Waals surface area contributed by atoms with Gasteiger partial charge in [-0.25, -0.2) is 9.80 Å². The molecule has 0 aromatic heterocycles. The molecule has 0 saturated carbocycles. The van der Waals surface area contributed by atoms with Gasteiger partial charge < -0.3 is 20.1 Å². The van der Waals surface area contributed by atoms with Crippen molar-refractivity contribution in [2.24, 2.45) is 5.10 Å². The number of phenols is 1. The summed E-state index contributed by atoms with van der Waals surface area (Å²) in [5.74, 6) is 0.152. The van der Waals surface area contributed by atoms with Gasteiger partial charge in [0.1, 0.15) is 5.75 Å². The van der Waals surface area contributed by atoms with Crippen molar-refractivity contribution in [1.29, 1.82) is 0 Å². The number of nitrogens with one attached hydrogen (secondary N) is 1. The van der Waals surface area contributed by atoms with Crippen molar-refractivity contribution in [1.82, 2.24) is 5.01 Å². The number of rotatable bonds is 4. The Morgan fingerprint density at radius 2 is 1.64 bits per heavy atom. The second-order valence-electron chi connectivity index (χ2n) is 8.11. The van der Waals surface area contributed by atoms with Crippen LogP contribution in [-0.4, -0.2) is 48.2 Å². The van der Waals surface area contributed by atoms with Crippen LogP contribution in [-0.2, 0) is 4.74 Å². The number of phenolic OH excluding ortho intramolecular Hbond substituents is 1. The number of carbonyl (C=O) groups excluding carboxylic acids is 1. The summed E-state index contributed by atoms with van der Waals surface area (Å²) in [6, 6.07) is 24.0. The van der Waals surface area contributed by atoms with Crippen LogP contribution in [0.25, 0.3) is 0 Å². The first-order chi connectivity index (χ1) is 16.2. The number of hydrazone groups is 1. The third-order valence-electron chi connectivity index (χ3n) is 6.02. The highest BCUT2D eigenvalue weighted by Crippen LogP contribution is 2.37. The first kappa shape index (κ1) is 21.0. The lowest BCUT2D eigenvalue weighted by molar-refractivity contribution is 0.122. The molecule has 1 atom stereocenters. The normalized spacial score (nSPS) is 18.2. The maximum absolute atomic E-state index is 13.3. The van der Waals surface area contributed by atoms with Crippen LogP contribution in [0.15, 0.2) is 84.0 Å². The fraction of sp³-hybridized carbons (Fsp3) is 0.231. The molecule has 2 aliphatic heterocycles. The molecule has 1 saturated heterocycles. The lowest BCUT2D eigenvalue weighted by atomic mass is 9.98. The smallest absolute Gasteiger partial charge is 0.342 e. The molecule has 3 aromatic rings. The third-order valence-corrected chi connectivity index (χ3v) is 6.02. The summed E-state index contributed by atoms with van der Waals surface area (Å²) in [6.07, 6.45) is 0.519. The molecule has 0 bridgehead atoms. The first-order valence-corrected chi connectivity index (χ1v) is 11.1. The van der Waals surface area contributed by atoms with E-state index in [9.17, 15) is 9.90 Å². The number of urea groups is 1. The zero-order chi connectivity index (χ0) is 22.6. The summed E-state index contributed by atoms with van der Waals surface area (Å²) < 4.78 is 5.42. The van der Waals surface area contributed by atoms with Gasteiger partial charge in [-0.1, -0.05) is 48.5 Å². The van der Waals surface area contributed by atoms with Crippen molar-refractivity contribution >= 4 is 23.1 Å². The zero-order valence-corrected chi connectivity index (χ0v) is 18.2. The Kier molecular flexibility index (Phi) is 5.95. The summed E-state index contributed by atoms with van der Waals surface area (Å²) in [7, 11) is 0. The number of ether oxygens (including phenoxy) is 1. The number of morpholine rings is 1. The predicted molar refractivity (Wildman–Crippen MR) is 129 cm³/mol. The van der Waals surface area contributed by atoms with Gasteiger partial charge in [0, 0.05) is 36.4 Å². The fourth-order valence-electron chi connectivity index (χ4n) is 4.27. The molecular weight excluding hydrogens is 416 g/mol. The van der Waals surface area contributed by atoms with E-state index in [2.05, 4.69) is 15.3 Å². The van der Waals surface area contributed by atoms with E-state index in [1.165, 1.54) is 5.01 Å². The van der Waals surface area contributed by atoms with E-state index in [4.69, 9.17) is 4.74 Å². The largest absolute Gasteiger partial charge is 0.508 e. The highest BCUT2D eigenvalue weighted by molar-refractivity contribution is 6.04. The van der Waals surface area contributed by atoms with Crippen LogP contribution in [0.3, 0.4) is 0 Å². The molecule has 168 valence electrons. The van der Waals surface area contributed by atoms with Gasteiger partial charge in [-0.2, -0.15) is 5.10 Å². The quantitative estimate of drug-likeness (QED) is 0.619. The topological polar surface area (TPSA) is 77.4 Å². The fourth-order valence-corrected chi connectivity index (χ4v) is 4.27. The van der Waals surface area contributed by atoms with Gasteiger partial charge in [0.25, 0.3) is 0 Å². The minimum absolute atomic E-state index is 0.152. The molecule has 5 rings (SSSR count). The number of aromatic hydroxyl groups is 1. The van der Waals surface area contributed by atoms with Crippen LogP contribution in [0.5, 0.6) is 5.75 Å². The monoisotopic (exact) mass is 442 g/mol. The molecule has 0 radical (unpaired) electrons. The molecule has 2 aliphatic rings. The average Bonchev–Trinajstić information content (AvgIpc) is 3.31. The molecule has 2 heterocycles. The van der Waals surface area contributed by atoms with Crippen molar-refractivity contribution < 1.29 is 14.6 Å². The highest BCUT2D eigenvalue weighted by Gasteiger charge is 2.34. The van der Waals surface area contributed by atoms with E-state index in [0.29, 0.717) is 17.7 Å². The number of nitrogens with zero attached hydrogens (tertiary/aromatic N) is 3. The van der Waals surface area contributed by atoms with Crippen molar-refractivity contribution in [2.75, 3.05) is 36.5 Å². The second-order valence-corrected chi connectivity index (χ2v) is 8.11. The Bertz CT molecular complexity index is 1140. The molecule has 1 fully saturated rings. The number of benzene rings is 3. The van der Waals surface area contributed by atoms with Crippen LogP contribution < -0.4 is 10.2 Å². The number of carbonyl (C=O) groups is 1. The van der Waals surface area contributed by atoms with Crippen LogP contribution in [0.2, 0.25) is 0 Å². The van der Waals surface area contributed by atoms with E-state index >= 15 is 0 Å². The average molecular weight is 443 g/mol. The maximum atomic E-state index is 13.3. The third kappa shape index (κ3) is 4.54. The van der Waals surface area contributed by atoms with Crippen molar-refractivity contribution in [2.45, 2.75) is 12.5 Å². The van der Waals surface area contributed by atoms with E-state index in [0.717, 1.165) is 43.3 Å². The van der Waals surface area contributed by atoms with Gasteiger partial charge in [-0.15, -0.1) is 0 Å². The minimum Gasteiger partial charge on any atom is -0.508 e. The Hall–Kier alpha value is -3.84. The Morgan fingerprint density at radius 3 is 2.36 bits per heavy atom. The summed E-state index contributed by atoms with van der Waals surface area (Å²) in [5, 5.41) is 19.5. The number of amides is 2. The molecule has 3 aromatic carbocycles. The van der Waals surface area contributed by atoms with Gasteiger partial charge in [-0.05, 0) is 35.9 Å². The summed E-state index contributed by atoms with van der Waals surface area (Å²) in [6.45, 7) is 3.17. The lowest BCUT2D eigenvalue weighted by Gasteiger charge is -2.29. The second kappa shape index (κ2) is 9.34. The van der Waals surface area contributed by atoms with Crippen LogP contribution >= 0.6 is 0 Å². The van der Waals surface area contributed by atoms with Crippen molar-refractivity contribution in [3.8, 4) is 5.75 Å². The summed E-state index contributed by atoms with van der Waals surface area (Å²) in [5.41, 5.74) is 4.24. The number of para-hydroxylation sites is 1. The maximum Gasteiger partial charge on any atom is 0.342 e. The number of hydrogen-bond acceptors (Lipinski definition) is 5. The first-order valence-electron chi connectivity index (χ1n) is 11.1. The van der Waals surface area contributed by atoms with Crippen molar-refractivity contribution in [3.05, 3.63) is 90.0 Å². The summed E-state index contributed by atoms with van der Waals surface area (Å²) >= 11 is 0. The lowest BCUT2D eigenvalue weighted by Crippen LogP contribution is -2.36. The van der Waals surface area contributed by atoms with E-state index in [1.807, 2.05) is 66.7 Å². The van der Waals surface area contributed by atoms with Crippen molar-refractivity contribution in [3.63, 3.8) is 0 Å². The van der Waals surface area contributed by atoms with Gasteiger partial charge in [0.15, 0.2) is 0 Å².